The van der Waals surface area contributed by atoms with Crippen molar-refractivity contribution in [3.05, 3.63) is 72.1 Å². The average molecular weight is 485 g/mol. The lowest BCUT2D eigenvalue weighted by Gasteiger charge is -2.30. The molecule has 0 aliphatic carbocycles. The predicted octanol–water partition coefficient (Wildman–Crippen LogP) is 4.24. The molecule has 1 fully saturated rings. The molecule has 0 unspecified atom stereocenters. The molecule has 0 bridgehead atoms. The minimum absolute atomic E-state index is 0.0597. The highest BCUT2D eigenvalue weighted by Gasteiger charge is 2.32. The lowest BCUT2D eigenvalue weighted by atomic mass is 9.97. The van der Waals surface area contributed by atoms with Crippen LogP contribution in [0.4, 0.5) is 10.1 Å². The van der Waals surface area contributed by atoms with Crippen LogP contribution < -0.4 is 5.32 Å². The van der Waals surface area contributed by atoms with Gasteiger partial charge in [-0.2, -0.15) is 4.31 Å². The minimum Gasteiger partial charge on any atom is -0.326 e. The van der Waals surface area contributed by atoms with Crippen LogP contribution in [0.3, 0.4) is 0 Å². The Morgan fingerprint density at radius 1 is 1.06 bits per heavy atom. The number of nitrogens with one attached hydrogen (secondary N) is 1. The van der Waals surface area contributed by atoms with Gasteiger partial charge < -0.3 is 5.32 Å². The largest absolute Gasteiger partial charge is 0.326 e. The maximum atomic E-state index is 13.1. The van der Waals surface area contributed by atoms with Gasteiger partial charge in [0.1, 0.15) is 5.82 Å². The lowest BCUT2D eigenvalue weighted by Crippen LogP contribution is -2.41. The summed E-state index contributed by atoms with van der Waals surface area (Å²) in [6.07, 6.45) is 4.78. The number of halogens is 1. The number of fused-ring (bicyclic) bond motifs is 1. The first-order valence-corrected chi connectivity index (χ1v) is 12.8. The van der Waals surface area contributed by atoms with Gasteiger partial charge in [-0.15, -0.1) is 11.3 Å². The number of anilines is 1. The Morgan fingerprint density at radius 2 is 1.76 bits per heavy atom. The van der Waals surface area contributed by atoms with E-state index in [-0.39, 0.29) is 29.8 Å². The summed E-state index contributed by atoms with van der Waals surface area (Å²) >= 11 is 1.57. The molecule has 2 aromatic heterocycles. The molecule has 2 aromatic carbocycles. The zero-order valence-electron chi connectivity index (χ0n) is 17.5. The maximum Gasteiger partial charge on any atom is 0.243 e. The molecule has 0 atom stereocenters. The van der Waals surface area contributed by atoms with Crippen LogP contribution in [-0.2, 0) is 14.8 Å². The van der Waals surface area contributed by atoms with Crippen molar-refractivity contribution in [2.45, 2.75) is 17.7 Å². The first-order valence-electron chi connectivity index (χ1n) is 10.5. The lowest BCUT2D eigenvalue weighted by molar-refractivity contribution is -0.120. The van der Waals surface area contributed by atoms with Crippen molar-refractivity contribution in [1.82, 2.24) is 13.7 Å². The van der Waals surface area contributed by atoms with E-state index in [0.29, 0.717) is 18.5 Å². The molecule has 1 aliphatic heterocycles. The van der Waals surface area contributed by atoms with Crippen LogP contribution in [0.15, 0.2) is 71.2 Å². The molecule has 3 heterocycles. The average Bonchev–Trinajstić information content (AvgIpc) is 3.43. The van der Waals surface area contributed by atoms with Crippen LogP contribution in [0.5, 0.6) is 0 Å². The normalized spacial score (nSPS) is 15.7. The smallest absolute Gasteiger partial charge is 0.243 e. The van der Waals surface area contributed by atoms with Crippen LogP contribution in [0.2, 0.25) is 0 Å². The third-order valence-corrected chi connectivity index (χ3v) is 8.50. The monoisotopic (exact) mass is 484 g/mol. The molecule has 1 N–H and O–H groups in total. The molecule has 10 heteroatoms. The van der Waals surface area contributed by atoms with Crippen molar-refractivity contribution in [2.75, 3.05) is 18.4 Å². The number of imidazole rings is 1. The molecule has 7 nitrogen and oxygen atoms in total. The molecule has 5 rings (SSSR count). The Hall–Kier alpha value is -3.08. The van der Waals surface area contributed by atoms with Gasteiger partial charge in [-0.3, -0.25) is 9.20 Å². The number of nitrogens with zero attached hydrogens (tertiary/aromatic N) is 3. The van der Waals surface area contributed by atoms with E-state index in [2.05, 4.69) is 10.3 Å². The molecule has 170 valence electrons. The SMILES string of the molecule is O=C(Nc1ccc(-c2cn3ccsc3n2)cc1)C1CCN(S(=O)(=O)c2ccc(F)cc2)CC1. The standard InChI is InChI=1S/C23H21FN4O3S2/c24-18-3-7-20(8-4-18)33(30,31)28-11-9-17(10-12-28)22(29)25-19-5-1-16(2-6-19)21-15-27-13-14-32-23(27)26-21/h1-8,13-15,17H,9-12H2,(H,25,29). The number of aromatic nitrogens is 2. The topological polar surface area (TPSA) is 83.8 Å². The van der Waals surface area contributed by atoms with E-state index in [0.717, 1.165) is 28.4 Å². The second kappa shape index (κ2) is 8.69. The minimum atomic E-state index is -3.70. The number of hydrogen-bond acceptors (Lipinski definition) is 5. The van der Waals surface area contributed by atoms with Crippen LogP contribution in [0, 0.1) is 11.7 Å². The summed E-state index contributed by atoms with van der Waals surface area (Å²) in [4.78, 5) is 18.3. The summed E-state index contributed by atoms with van der Waals surface area (Å²) in [5.74, 6) is -0.879. The quantitative estimate of drug-likeness (QED) is 0.459. The number of carbonyl (C=O) groups is 1. The summed E-state index contributed by atoms with van der Waals surface area (Å²) in [6, 6.07) is 12.3. The van der Waals surface area contributed by atoms with Crippen LogP contribution in [0.1, 0.15) is 12.8 Å². The van der Waals surface area contributed by atoms with E-state index in [1.54, 1.807) is 11.3 Å². The number of benzene rings is 2. The van der Waals surface area contributed by atoms with Crippen LogP contribution in [0.25, 0.3) is 16.2 Å². The Balaban J connectivity index is 1.19. The number of hydrogen-bond donors (Lipinski definition) is 1. The highest BCUT2D eigenvalue weighted by molar-refractivity contribution is 7.89. The van der Waals surface area contributed by atoms with Gasteiger partial charge in [-0.25, -0.2) is 17.8 Å². The van der Waals surface area contributed by atoms with Crippen molar-refractivity contribution in [2.24, 2.45) is 5.92 Å². The van der Waals surface area contributed by atoms with Gasteiger partial charge in [-0.1, -0.05) is 12.1 Å². The highest BCUT2D eigenvalue weighted by atomic mass is 32.2. The van der Waals surface area contributed by atoms with Crippen LogP contribution >= 0.6 is 11.3 Å². The molecule has 1 saturated heterocycles. The molecule has 0 spiro atoms. The Kier molecular flexibility index (Phi) is 5.73. The van der Waals surface area contributed by atoms with E-state index in [1.165, 1.54) is 16.4 Å². The molecular formula is C23H21FN4O3S2. The molecule has 1 aliphatic rings. The third-order valence-electron chi connectivity index (χ3n) is 5.82. The first-order chi connectivity index (χ1) is 15.9. The van der Waals surface area contributed by atoms with Gasteiger partial charge in [-0.05, 0) is 49.2 Å². The molecule has 1 amide bonds. The predicted molar refractivity (Wildman–Crippen MR) is 125 cm³/mol. The van der Waals surface area contributed by atoms with Gasteiger partial charge in [0.25, 0.3) is 0 Å². The number of amides is 1. The van der Waals surface area contributed by atoms with Gasteiger partial charge >= 0.3 is 0 Å². The first kappa shape index (κ1) is 21.7. The van der Waals surface area contributed by atoms with E-state index < -0.39 is 15.8 Å². The summed E-state index contributed by atoms with van der Waals surface area (Å²) in [6.45, 7) is 0.488. The Labute approximate surface area is 194 Å². The Morgan fingerprint density at radius 3 is 2.42 bits per heavy atom. The number of rotatable bonds is 5. The number of carbonyl (C=O) groups excluding carboxylic acids is 1. The summed E-state index contributed by atoms with van der Waals surface area (Å²) in [5.41, 5.74) is 2.52. The fourth-order valence-electron chi connectivity index (χ4n) is 3.95. The van der Waals surface area contributed by atoms with E-state index >= 15 is 0 Å². The van der Waals surface area contributed by atoms with E-state index in [4.69, 9.17) is 0 Å². The van der Waals surface area contributed by atoms with Gasteiger partial charge in [0.15, 0.2) is 4.96 Å². The second-order valence-corrected chi connectivity index (χ2v) is 10.7. The van der Waals surface area contributed by atoms with Gasteiger partial charge in [0.05, 0.1) is 10.6 Å². The second-order valence-electron chi connectivity index (χ2n) is 7.92. The summed E-state index contributed by atoms with van der Waals surface area (Å²) < 4.78 is 41.9. The van der Waals surface area contributed by atoms with Crippen molar-refractivity contribution in [1.29, 1.82) is 0 Å². The van der Waals surface area contributed by atoms with Crippen molar-refractivity contribution < 1.29 is 17.6 Å². The van der Waals surface area contributed by atoms with Crippen molar-refractivity contribution in [3.63, 3.8) is 0 Å². The number of piperidine rings is 1. The molecule has 33 heavy (non-hydrogen) atoms. The van der Waals surface area contributed by atoms with E-state index in [1.807, 2.05) is 46.4 Å². The fraction of sp³-hybridized carbons (Fsp3) is 0.217. The molecule has 0 saturated carbocycles. The maximum absolute atomic E-state index is 13.1. The van der Waals surface area contributed by atoms with Crippen molar-refractivity contribution >= 4 is 37.9 Å². The molecule has 4 aromatic rings. The fourth-order valence-corrected chi connectivity index (χ4v) is 6.12. The van der Waals surface area contributed by atoms with Gasteiger partial charge in [0, 0.05) is 48.0 Å². The van der Waals surface area contributed by atoms with Crippen molar-refractivity contribution in [3.8, 4) is 11.3 Å². The number of sulfonamides is 1. The van der Waals surface area contributed by atoms with Gasteiger partial charge in [0.2, 0.25) is 15.9 Å². The highest BCUT2D eigenvalue weighted by Crippen LogP contribution is 2.26. The summed E-state index contributed by atoms with van der Waals surface area (Å²) in [5, 5.41) is 4.91. The zero-order valence-corrected chi connectivity index (χ0v) is 19.2. The molecule has 0 radical (unpaired) electrons. The number of thiazole rings is 1. The Bertz CT molecular complexity index is 1360. The zero-order chi connectivity index (χ0) is 23.0. The molecular weight excluding hydrogens is 463 g/mol. The third kappa shape index (κ3) is 4.41. The summed E-state index contributed by atoms with van der Waals surface area (Å²) in [7, 11) is -3.70. The van der Waals surface area contributed by atoms with E-state index in [9.17, 15) is 17.6 Å². The van der Waals surface area contributed by atoms with Crippen LogP contribution in [-0.4, -0.2) is 41.1 Å².